The summed E-state index contributed by atoms with van der Waals surface area (Å²) in [6, 6.07) is 0. The van der Waals surface area contributed by atoms with E-state index >= 15 is 0 Å². The number of aromatic nitrogens is 2. The van der Waals surface area contributed by atoms with E-state index in [1.807, 2.05) is 17.8 Å². The summed E-state index contributed by atoms with van der Waals surface area (Å²) in [5.74, 6) is -10.0. The van der Waals surface area contributed by atoms with Gasteiger partial charge in [0.05, 0.1) is 32.0 Å². The van der Waals surface area contributed by atoms with E-state index in [-0.39, 0.29) is 158 Å². The van der Waals surface area contributed by atoms with Gasteiger partial charge in [0.1, 0.15) is 0 Å². The van der Waals surface area contributed by atoms with Gasteiger partial charge >= 0.3 is 190 Å². The van der Waals surface area contributed by atoms with Crippen LogP contribution in [0.4, 0.5) is 0 Å². The van der Waals surface area contributed by atoms with Crippen LogP contribution in [0.5, 0.6) is 0 Å². The van der Waals surface area contributed by atoms with E-state index in [1.54, 1.807) is 12.5 Å². The summed E-state index contributed by atoms with van der Waals surface area (Å²) < 4.78 is 1.89. The standard InChI is InChI=1S/2C6H8O7.C4H6N2.3K.3H/c2*7-3(8)1-6(13,5(11)12)2-4(9)10;1-6-3-2-5-4-6;;;;;;/h2*13H,1-2H2,(H,7,8)(H,9,10)(H,11,12);2-4H,1H3;;;;;;/q;;;3*+1;3*-1. The molecule has 0 amide bonds. The number of carbonyl (C=O) groups is 6. The zero-order valence-electron chi connectivity index (χ0n) is 22.5. The fourth-order valence-corrected chi connectivity index (χ4v) is 1.75. The Hall–Kier alpha value is 0.859. The molecule has 8 N–H and O–H groups in total. The van der Waals surface area contributed by atoms with Crippen molar-refractivity contribution in [1.29, 1.82) is 0 Å². The Bertz CT molecular complexity index is 763. The van der Waals surface area contributed by atoms with E-state index in [4.69, 9.17) is 40.9 Å². The topological polar surface area (TPSA) is 282 Å². The maximum Gasteiger partial charge on any atom is 1.00 e. The molecule has 19 heteroatoms. The number of hydrogen-bond acceptors (Lipinski definition) is 9. The molecule has 0 aromatic carbocycles. The molecule has 0 aliphatic carbocycles. The van der Waals surface area contributed by atoms with Crippen LogP contribution in [0.3, 0.4) is 0 Å². The summed E-state index contributed by atoms with van der Waals surface area (Å²) in [6.07, 6.45) is 0.812. The average Bonchev–Trinajstić information content (AvgIpc) is 3.03. The van der Waals surface area contributed by atoms with Crippen LogP contribution < -0.4 is 154 Å². The molecular weight excluding hydrogens is 561 g/mol. The maximum absolute atomic E-state index is 10.3. The smallest absolute Gasteiger partial charge is 1.00 e. The SMILES string of the molecule is Cn1ccnc1.O=C(O)CC(O)(CC(=O)O)C(=O)O.O=C(O)CC(O)(CC(=O)O)C(=O)O.[H-].[H-].[H-].[K+].[K+].[K+]. The molecule has 1 aromatic heterocycles. The number of carboxylic acids is 6. The van der Waals surface area contributed by atoms with Gasteiger partial charge in [-0.2, -0.15) is 0 Å². The summed E-state index contributed by atoms with van der Waals surface area (Å²) in [6.45, 7) is 0. The summed E-state index contributed by atoms with van der Waals surface area (Å²) in [4.78, 5) is 64.8. The Labute approximate surface area is 329 Å². The van der Waals surface area contributed by atoms with E-state index in [0.29, 0.717) is 0 Å². The molecule has 186 valence electrons. The molecule has 1 aromatic rings. The maximum atomic E-state index is 10.3. The largest absolute Gasteiger partial charge is 1.00 e. The molecule has 1 rings (SSSR count). The molecule has 0 radical (unpaired) electrons. The Kier molecular flexibility index (Phi) is 29.8. The number of aliphatic carboxylic acids is 6. The Balaban J connectivity index is -0.0000000574. The van der Waals surface area contributed by atoms with Gasteiger partial charge in [-0.3, -0.25) is 19.2 Å². The predicted molar refractivity (Wildman–Crippen MR) is 101 cm³/mol. The van der Waals surface area contributed by atoms with Crippen LogP contribution in [0, 0.1) is 0 Å². The van der Waals surface area contributed by atoms with Gasteiger partial charge in [0.25, 0.3) is 0 Å². The molecule has 0 unspecified atom stereocenters. The monoisotopic (exact) mass is 586 g/mol. The molecule has 0 aliphatic rings. The predicted octanol–water partition coefficient (Wildman–Crippen LogP) is -10.7. The third-order valence-corrected chi connectivity index (χ3v) is 3.21. The van der Waals surface area contributed by atoms with Crippen LogP contribution in [0.1, 0.15) is 30.0 Å². The number of rotatable bonds is 10. The van der Waals surface area contributed by atoms with Crippen molar-refractivity contribution in [3.05, 3.63) is 18.7 Å². The minimum absolute atomic E-state index is 0. The van der Waals surface area contributed by atoms with E-state index in [9.17, 15) is 28.8 Å². The number of aliphatic hydroxyl groups is 2. The fourth-order valence-electron chi connectivity index (χ4n) is 1.75. The molecule has 0 bridgehead atoms. The van der Waals surface area contributed by atoms with Crippen molar-refractivity contribution in [3.8, 4) is 0 Å². The van der Waals surface area contributed by atoms with Gasteiger partial charge in [-0.1, -0.05) is 0 Å². The average molecular weight is 587 g/mol. The fraction of sp³-hybridized carbons (Fsp3) is 0.438. The van der Waals surface area contributed by atoms with Crippen LogP contribution in [-0.4, -0.2) is 97.4 Å². The number of hydrogen-bond donors (Lipinski definition) is 8. The molecule has 35 heavy (non-hydrogen) atoms. The van der Waals surface area contributed by atoms with Crippen LogP contribution in [0.15, 0.2) is 18.7 Å². The van der Waals surface area contributed by atoms with Gasteiger partial charge in [-0.05, 0) is 0 Å². The molecule has 16 nitrogen and oxygen atoms in total. The van der Waals surface area contributed by atoms with E-state index < -0.39 is 72.7 Å². The summed E-state index contributed by atoms with van der Waals surface area (Å²) >= 11 is 0. The van der Waals surface area contributed by atoms with E-state index in [1.165, 1.54) is 0 Å². The normalized spacial score (nSPS) is 9.57. The summed E-state index contributed by atoms with van der Waals surface area (Å²) in [5, 5.41) is 67.6. The number of aryl methyl sites for hydroxylation is 1. The van der Waals surface area contributed by atoms with Crippen molar-refractivity contribution in [2.24, 2.45) is 7.05 Å². The van der Waals surface area contributed by atoms with Gasteiger partial charge in [-0.25, -0.2) is 14.6 Å². The van der Waals surface area contributed by atoms with Gasteiger partial charge < -0.3 is 49.7 Å². The quantitative estimate of drug-likeness (QED) is 0.118. The van der Waals surface area contributed by atoms with Crippen LogP contribution in [0.25, 0.3) is 0 Å². The first kappa shape index (κ1) is 45.8. The molecule has 0 saturated heterocycles. The van der Waals surface area contributed by atoms with Crippen LogP contribution >= 0.6 is 0 Å². The van der Waals surface area contributed by atoms with Crippen molar-refractivity contribution in [1.82, 2.24) is 9.55 Å². The first-order chi connectivity index (χ1) is 14.4. The van der Waals surface area contributed by atoms with Crippen molar-refractivity contribution >= 4 is 35.8 Å². The molecule has 0 atom stereocenters. The molecular formula is C16H25K3N2O14. The van der Waals surface area contributed by atoms with Gasteiger partial charge in [-0.15, -0.1) is 0 Å². The minimum Gasteiger partial charge on any atom is -1.00 e. The first-order valence-corrected chi connectivity index (χ1v) is 8.16. The summed E-state index contributed by atoms with van der Waals surface area (Å²) in [5.41, 5.74) is -5.48. The second-order valence-electron chi connectivity index (χ2n) is 6.18. The van der Waals surface area contributed by atoms with Crippen molar-refractivity contribution < 1.29 is 228 Å². The number of carboxylic acid groups (broad SMARTS) is 6. The zero-order valence-corrected chi connectivity index (χ0v) is 28.9. The molecule has 1 heterocycles. The molecule has 0 fully saturated rings. The second kappa shape index (κ2) is 22.8. The molecule has 0 saturated carbocycles. The van der Waals surface area contributed by atoms with E-state index in [2.05, 4.69) is 4.98 Å². The van der Waals surface area contributed by atoms with Gasteiger partial charge in [0.15, 0.2) is 11.2 Å². The van der Waals surface area contributed by atoms with Crippen molar-refractivity contribution in [2.75, 3.05) is 0 Å². The third-order valence-electron chi connectivity index (χ3n) is 3.21. The summed E-state index contributed by atoms with van der Waals surface area (Å²) in [7, 11) is 1.94. The Morgan fingerprint density at radius 2 is 0.943 bits per heavy atom. The zero-order chi connectivity index (χ0) is 25.7. The first-order valence-electron chi connectivity index (χ1n) is 8.16. The second-order valence-corrected chi connectivity index (χ2v) is 6.18. The van der Waals surface area contributed by atoms with Gasteiger partial charge in [0, 0.05) is 19.4 Å². The Morgan fingerprint density at radius 3 is 1.03 bits per heavy atom. The third kappa shape index (κ3) is 23.7. The van der Waals surface area contributed by atoms with Gasteiger partial charge in [0.2, 0.25) is 0 Å². The van der Waals surface area contributed by atoms with Crippen LogP contribution in [0.2, 0.25) is 0 Å². The number of nitrogens with zero attached hydrogens (tertiary/aromatic N) is 2. The van der Waals surface area contributed by atoms with Crippen molar-refractivity contribution in [2.45, 2.75) is 36.9 Å². The molecule has 0 spiro atoms. The minimum atomic E-state index is -2.74. The van der Waals surface area contributed by atoms with E-state index in [0.717, 1.165) is 0 Å². The van der Waals surface area contributed by atoms with Crippen LogP contribution in [-0.2, 0) is 35.8 Å². The Morgan fingerprint density at radius 1 is 0.686 bits per heavy atom. The molecule has 0 aliphatic heterocycles. The van der Waals surface area contributed by atoms with Crippen molar-refractivity contribution in [3.63, 3.8) is 0 Å². The number of imidazole rings is 1.